The quantitative estimate of drug-likeness (QED) is 0.829. The molecular formula is C16H22N2O2. The SMILES string of the molecule is CC1CN(C(=O)c2ccccc2)[C@H](C(C)C)N(C)C1=O. The molecule has 0 saturated carbocycles. The predicted octanol–water partition coefficient (Wildman–Crippen LogP) is 2.22. The lowest BCUT2D eigenvalue weighted by Crippen LogP contribution is -2.61. The van der Waals surface area contributed by atoms with E-state index in [0.717, 1.165) is 0 Å². The first-order chi connectivity index (χ1) is 9.43. The molecule has 0 aliphatic carbocycles. The molecule has 2 atom stereocenters. The van der Waals surface area contributed by atoms with Crippen LogP contribution in [0.4, 0.5) is 0 Å². The molecule has 20 heavy (non-hydrogen) atoms. The molecule has 108 valence electrons. The van der Waals surface area contributed by atoms with Crippen LogP contribution < -0.4 is 0 Å². The van der Waals surface area contributed by atoms with Crippen LogP contribution in [0.2, 0.25) is 0 Å². The second-order valence-electron chi connectivity index (χ2n) is 5.83. The van der Waals surface area contributed by atoms with E-state index in [0.29, 0.717) is 12.1 Å². The van der Waals surface area contributed by atoms with Gasteiger partial charge in [0.25, 0.3) is 5.91 Å². The van der Waals surface area contributed by atoms with Crippen LogP contribution in [0.1, 0.15) is 31.1 Å². The highest BCUT2D eigenvalue weighted by Gasteiger charge is 2.40. The van der Waals surface area contributed by atoms with E-state index in [1.54, 1.807) is 11.9 Å². The van der Waals surface area contributed by atoms with Crippen molar-refractivity contribution in [2.75, 3.05) is 13.6 Å². The number of benzene rings is 1. The molecule has 4 heteroatoms. The Morgan fingerprint density at radius 3 is 2.40 bits per heavy atom. The number of carbonyl (C=O) groups excluding carboxylic acids is 2. The molecule has 1 aliphatic heterocycles. The summed E-state index contributed by atoms with van der Waals surface area (Å²) in [6, 6.07) is 9.26. The van der Waals surface area contributed by atoms with E-state index in [4.69, 9.17) is 0 Å². The molecule has 0 N–H and O–H groups in total. The average molecular weight is 274 g/mol. The van der Waals surface area contributed by atoms with Crippen LogP contribution in [-0.4, -0.2) is 41.4 Å². The Kier molecular flexibility index (Phi) is 4.12. The highest BCUT2D eigenvalue weighted by molar-refractivity contribution is 5.95. The highest BCUT2D eigenvalue weighted by Crippen LogP contribution is 2.25. The first kappa shape index (κ1) is 14.6. The van der Waals surface area contributed by atoms with Gasteiger partial charge >= 0.3 is 0 Å². The van der Waals surface area contributed by atoms with Gasteiger partial charge in [-0.3, -0.25) is 9.59 Å². The van der Waals surface area contributed by atoms with E-state index >= 15 is 0 Å². The van der Waals surface area contributed by atoms with Gasteiger partial charge in [-0.15, -0.1) is 0 Å². The van der Waals surface area contributed by atoms with Crippen molar-refractivity contribution >= 4 is 11.8 Å². The number of hydrogen-bond donors (Lipinski definition) is 0. The maximum atomic E-state index is 12.7. The zero-order chi connectivity index (χ0) is 14.9. The van der Waals surface area contributed by atoms with Gasteiger partial charge in [-0.25, -0.2) is 0 Å². The predicted molar refractivity (Wildman–Crippen MR) is 78.0 cm³/mol. The summed E-state index contributed by atoms with van der Waals surface area (Å²) in [5.41, 5.74) is 0.674. The van der Waals surface area contributed by atoms with Gasteiger partial charge < -0.3 is 9.80 Å². The second-order valence-corrected chi connectivity index (χ2v) is 5.83. The number of hydrogen-bond acceptors (Lipinski definition) is 2. The van der Waals surface area contributed by atoms with Gasteiger partial charge in [0.05, 0.1) is 5.92 Å². The third-order valence-electron chi connectivity index (χ3n) is 3.83. The standard InChI is InChI=1S/C16H22N2O2/c1-11(2)14-17(4)15(19)12(3)10-18(14)16(20)13-8-6-5-7-9-13/h5-9,11-12,14H,10H2,1-4H3/t12?,14-/m1/s1. The van der Waals surface area contributed by atoms with Gasteiger partial charge in [0.1, 0.15) is 6.17 Å². The molecule has 2 amide bonds. The molecule has 1 saturated heterocycles. The lowest BCUT2D eigenvalue weighted by molar-refractivity contribution is -0.147. The molecule has 0 radical (unpaired) electrons. The van der Waals surface area contributed by atoms with Crippen LogP contribution in [0.5, 0.6) is 0 Å². The van der Waals surface area contributed by atoms with Crippen LogP contribution in [-0.2, 0) is 4.79 Å². The first-order valence-corrected chi connectivity index (χ1v) is 7.06. The lowest BCUT2D eigenvalue weighted by Gasteiger charge is -2.46. The van der Waals surface area contributed by atoms with Crippen molar-refractivity contribution < 1.29 is 9.59 Å². The fourth-order valence-corrected chi connectivity index (χ4v) is 2.92. The summed E-state index contributed by atoms with van der Waals surface area (Å²) in [7, 11) is 1.79. The molecule has 1 aromatic carbocycles. The summed E-state index contributed by atoms with van der Waals surface area (Å²) in [6.07, 6.45) is -0.175. The molecule has 1 fully saturated rings. The van der Waals surface area contributed by atoms with E-state index in [9.17, 15) is 9.59 Å². The van der Waals surface area contributed by atoms with Gasteiger partial charge in [0.15, 0.2) is 0 Å². The summed E-state index contributed by atoms with van der Waals surface area (Å²) in [5, 5.41) is 0. The van der Waals surface area contributed by atoms with Crippen molar-refractivity contribution in [3.05, 3.63) is 35.9 Å². The topological polar surface area (TPSA) is 40.6 Å². The monoisotopic (exact) mass is 274 g/mol. The van der Waals surface area contributed by atoms with E-state index < -0.39 is 0 Å². The minimum absolute atomic E-state index is 0.00417. The van der Waals surface area contributed by atoms with Crippen LogP contribution in [0, 0.1) is 11.8 Å². The fourth-order valence-electron chi connectivity index (χ4n) is 2.92. The van der Waals surface area contributed by atoms with Crippen molar-refractivity contribution in [3.8, 4) is 0 Å². The van der Waals surface area contributed by atoms with E-state index in [-0.39, 0.29) is 29.8 Å². The highest BCUT2D eigenvalue weighted by atomic mass is 16.2. The summed E-state index contributed by atoms with van der Waals surface area (Å²) in [5.74, 6) is 0.156. The Bertz CT molecular complexity index is 498. The van der Waals surface area contributed by atoms with Crippen molar-refractivity contribution in [2.24, 2.45) is 11.8 Å². The Hall–Kier alpha value is -1.84. The number of nitrogens with zero attached hydrogens (tertiary/aromatic N) is 2. The fraction of sp³-hybridized carbons (Fsp3) is 0.500. The molecule has 1 unspecified atom stereocenters. The van der Waals surface area contributed by atoms with Crippen LogP contribution in [0.15, 0.2) is 30.3 Å². The van der Waals surface area contributed by atoms with E-state index in [1.165, 1.54) is 0 Å². The van der Waals surface area contributed by atoms with Gasteiger partial charge in [0.2, 0.25) is 5.91 Å². The van der Waals surface area contributed by atoms with Crippen molar-refractivity contribution in [1.29, 1.82) is 0 Å². The van der Waals surface area contributed by atoms with Gasteiger partial charge in [-0.1, -0.05) is 39.0 Å². The van der Waals surface area contributed by atoms with Crippen LogP contribution >= 0.6 is 0 Å². The van der Waals surface area contributed by atoms with Crippen molar-refractivity contribution in [1.82, 2.24) is 9.80 Å². The van der Waals surface area contributed by atoms with E-state index in [2.05, 4.69) is 0 Å². The zero-order valence-electron chi connectivity index (χ0n) is 12.5. The minimum atomic E-state index is -0.175. The molecule has 0 aromatic heterocycles. The molecule has 4 nitrogen and oxygen atoms in total. The maximum Gasteiger partial charge on any atom is 0.255 e. The molecule has 0 spiro atoms. The molecule has 0 bridgehead atoms. The van der Waals surface area contributed by atoms with Crippen LogP contribution in [0.3, 0.4) is 0 Å². The Morgan fingerprint density at radius 2 is 1.85 bits per heavy atom. The molecular weight excluding hydrogens is 252 g/mol. The molecule has 1 heterocycles. The van der Waals surface area contributed by atoms with E-state index in [1.807, 2.05) is 56.0 Å². The van der Waals surface area contributed by atoms with Crippen LogP contribution in [0.25, 0.3) is 0 Å². The third kappa shape index (κ3) is 2.55. The second kappa shape index (κ2) is 5.65. The normalized spacial score (nSPS) is 23.4. The van der Waals surface area contributed by atoms with Gasteiger partial charge in [0, 0.05) is 19.2 Å². The summed E-state index contributed by atoms with van der Waals surface area (Å²) in [6.45, 7) is 6.44. The Morgan fingerprint density at radius 1 is 1.25 bits per heavy atom. The number of amides is 2. The molecule has 2 rings (SSSR count). The van der Waals surface area contributed by atoms with Gasteiger partial charge in [-0.2, -0.15) is 0 Å². The Balaban J connectivity index is 2.32. The summed E-state index contributed by atoms with van der Waals surface area (Å²) < 4.78 is 0. The smallest absolute Gasteiger partial charge is 0.255 e. The maximum absolute atomic E-state index is 12.7. The number of rotatable bonds is 2. The Labute approximate surface area is 120 Å². The molecule has 1 aliphatic rings. The zero-order valence-corrected chi connectivity index (χ0v) is 12.5. The van der Waals surface area contributed by atoms with Gasteiger partial charge in [-0.05, 0) is 18.1 Å². The largest absolute Gasteiger partial charge is 0.325 e. The first-order valence-electron chi connectivity index (χ1n) is 7.06. The van der Waals surface area contributed by atoms with Crippen molar-refractivity contribution in [2.45, 2.75) is 26.9 Å². The van der Waals surface area contributed by atoms with Crippen molar-refractivity contribution in [3.63, 3.8) is 0 Å². The summed E-state index contributed by atoms with van der Waals surface area (Å²) >= 11 is 0. The average Bonchev–Trinajstić information content (AvgIpc) is 2.44. The minimum Gasteiger partial charge on any atom is -0.325 e. The number of carbonyl (C=O) groups is 2. The third-order valence-corrected chi connectivity index (χ3v) is 3.83. The molecule has 1 aromatic rings. The lowest BCUT2D eigenvalue weighted by atomic mass is 9.98. The summed E-state index contributed by atoms with van der Waals surface area (Å²) in [4.78, 5) is 28.4.